The third kappa shape index (κ3) is 6.48. The van der Waals surface area contributed by atoms with E-state index in [0.29, 0.717) is 55.8 Å². The number of unbranched alkanes of at least 4 members (excludes halogenated alkanes) is 1. The van der Waals surface area contributed by atoms with E-state index >= 15 is 0 Å². The van der Waals surface area contributed by atoms with Gasteiger partial charge in [-0.05, 0) is 62.7 Å². The summed E-state index contributed by atoms with van der Waals surface area (Å²) in [6, 6.07) is 14.9. The van der Waals surface area contributed by atoms with Gasteiger partial charge < -0.3 is 23.4 Å². The molecule has 4 aromatic rings. The summed E-state index contributed by atoms with van der Waals surface area (Å²) in [6.45, 7) is 6.03. The van der Waals surface area contributed by atoms with Crippen LogP contribution >= 0.6 is 11.3 Å². The number of carbonyl (C=O) groups excluding carboxylic acids is 2. The molecule has 3 heterocycles. The number of hydrogen-bond donors (Lipinski definition) is 0. The number of furan rings is 1. The summed E-state index contributed by atoms with van der Waals surface area (Å²) in [7, 11) is 3.07. The number of methoxy groups -OCH3 is 2. The predicted molar refractivity (Wildman–Crippen MR) is 169 cm³/mol. The number of thiazole rings is 1. The van der Waals surface area contributed by atoms with Crippen LogP contribution in [-0.2, 0) is 14.3 Å². The van der Waals surface area contributed by atoms with Gasteiger partial charge >= 0.3 is 11.9 Å². The van der Waals surface area contributed by atoms with Gasteiger partial charge in [0.25, 0.3) is 5.56 Å². The first kappa shape index (κ1) is 31.5. The van der Waals surface area contributed by atoms with E-state index in [1.807, 2.05) is 6.92 Å². The van der Waals surface area contributed by atoms with Crippen LogP contribution in [0.25, 0.3) is 17.4 Å². The van der Waals surface area contributed by atoms with Crippen LogP contribution in [0.4, 0.5) is 0 Å². The van der Waals surface area contributed by atoms with Crippen molar-refractivity contribution in [2.75, 3.05) is 27.4 Å². The smallest absolute Gasteiger partial charge is 0.338 e. The van der Waals surface area contributed by atoms with Gasteiger partial charge in [-0.1, -0.05) is 36.8 Å². The molecule has 234 valence electrons. The van der Waals surface area contributed by atoms with Gasteiger partial charge in [-0.2, -0.15) is 0 Å². The summed E-state index contributed by atoms with van der Waals surface area (Å²) in [5.74, 6) is 1.10. The molecule has 0 radical (unpaired) electrons. The molecular formula is C34H34N2O8S. The normalized spacial score (nSPS) is 14.5. The van der Waals surface area contributed by atoms with Crippen LogP contribution in [-0.4, -0.2) is 43.9 Å². The van der Waals surface area contributed by atoms with E-state index in [0.717, 1.165) is 18.4 Å². The lowest BCUT2D eigenvalue weighted by atomic mass is 9.95. The quantitative estimate of drug-likeness (QED) is 0.167. The lowest BCUT2D eigenvalue weighted by Gasteiger charge is -2.26. The van der Waals surface area contributed by atoms with Crippen molar-refractivity contribution in [3.8, 4) is 22.8 Å². The molecule has 11 heteroatoms. The SMILES string of the molecule is CCCCOC(=O)c1ccc(-c2ccc(/C=c3\sc4n(c3=O)[C@H](c3cc(OC)ccc3OC)C(C(=O)OCC)=C(C)N=4)o2)cc1. The Morgan fingerprint density at radius 2 is 1.78 bits per heavy atom. The van der Waals surface area contributed by atoms with Crippen LogP contribution in [0.2, 0.25) is 0 Å². The summed E-state index contributed by atoms with van der Waals surface area (Å²) in [4.78, 5) is 44.6. The van der Waals surface area contributed by atoms with E-state index in [1.165, 1.54) is 23.0 Å². The molecule has 45 heavy (non-hydrogen) atoms. The molecule has 1 atom stereocenters. The lowest BCUT2D eigenvalue weighted by Crippen LogP contribution is -2.40. The molecular weight excluding hydrogens is 596 g/mol. The number of benzene rings is 2. The summed E-state index contributed by atoms with van der Waals surface area (Å²) in [6.07, 6.45) is 3.41. The molecule has 2 aromatic heterocycles. The number of ether oxygens (including phenoxy) is 4. The number of allylic oxidation sites excluding steroid dienone is 1. The highest BCUT2D eigenvalue weighted by molar-refractivity contribution is 7.07. The van der Waals surface area contributed by atoms with E-state index in [1.54, 1.807) is 81.6 Å². The Hall–Kier alpha value is -4.90. The van der Waals surface area contributed by atoms with Crippen molar-refractivity contribution >= 4 is 29.4 Å². The Bertz CT molecular complexity index is 1930. The average molecular weight is 631 g/mol. The zero-order valence-electron chi connectivity index (χ0n) is 25.7. The van der Waals surface area contributed by atoms with Crippen molar-refractivity contribution in [3.05, 3.63) is 102 Å². The number of carbonyl (C=O) groups is 2. The molecule has 5 rings (SSSR count). The highest BCUT2D eigenvalue weighted by Gasteiger charge is 2.35. The van der Waals surface area contributed by atoms with Crippen molar-refractivity contribution in [2.45, 2.75) is 39.7 Å². The maximum absolute atomic E-state index is 14.0. The first-order valence-corrected chi connectivity index (χ1v) is 15.4. The summed E-state index contributed by atoms with van der Waals surface area (Å²) >= 11 is 1.19. The standard InChI is InChI=1S/C34H34N2O8S/c1-6-8-17-43-32(38)22-11-9-21(10-12-22)26-15-14-24(44-26)19-28-31(37)36-30(25-18-23(40-4)13-16-27(25)41-5)29(33(39)42-7-2)20(3)35-34(36)45-28/h9-16,18-19,30H,6-8,17H2,1-5H3/b28-19-/t30-/m1/s1. The molecule has 0 fully saturated rings. The molecule has 0 saturated heterocycles. The first-order valence-electron chi connectivity index (χ1n) is 14.6. The fourth-order valence-electron chi connectivity index (χ4n) is 5.02. The zero-order chi connectivity index (χ0) is 32.1. The minimum atomic E-state index is -0.869. The Balaban J connectivity index is 1.54. The third-order valence-electron chi connectivity index (χ3n) is 7.28. The highest BCUT2D eigenvalue weighted by Crippen LogP contribution is 2.38. The molecule has 0 saturated carbocycles. The summed E-state index contributed by atoms with van der Waals surface area (Å²) in [5, 5.41) is 0. The van der Waals surface area contributed by atoms with E-state index in [9.17, 15) is 14.4 Å². The van der Waals surface area contributed by atoms with Gasteiger partial charge in [0.05, 0.1) is 48.8 Å². The van der Waals surface area contributed by atoms with Crippen molar-refractivity contribution in [2.24, 2.45) is 4.99 Å². The average Bonchev–Trinajstić information content (AvgIpc) is 3.64. The second-order valence-electron chi connectivity index (χ2n) is 10.2. The van der Waals surface area contributed by atoms with Crippen molar-refractivity contribution in [1.29, 1.82) is 0 Å². The fraction of sp³-hybridized carbons (Fsp3) is 0.294. The Morgan fingerprint density at radius 1 is 1.00 bits per heavy atom. The Morgan fingerprint density at radius 3 is 2.47 bits per heavy atom. The van der Waals surface area contributed by atoms with Gasteiger partial charge in [0, 0.05) is 17.2 Å². The third-order valence-corrected chi connectivity index (χ3v) is 8.27. The maximum Gasteiger partial charge on any atom is 0.338 e. The second kappa shape index (κ2) is 13.8. The molecule has 1 aliphatic rings. The molecule has 1 aliphatic heterocycles. The number of aromatic nitrogens is 1. The van der Waals surface area contributed by atoms with E-state index in [-0.39, 0.29) is 23.7 Å². The lowest BCUT2D eigenvalue weighted by molar-refractivity contribution is -0.139. The van der Waals surface area contributed by atoms with Crippen molar-refractivity contribution in [3.63, 3.8) is 0 Å². The fourth-order valence-corrected chi connectivity index (χ4v) is 6.04. The molecule has 0 amide bonds. The van der Waals surface area contributed by atoms with Crippen LogP contribution in [0, 0.1) is 0 Å². The van der Waals surface area contributed by atoms with Crippen molar-refractivity contribution in [1.82, 2.24) is 4.57 Å². The maximum atomic E-state index is 14.0. The monoisotopic (exact) mass is 630 g/mol. The Kier molecular flexibility index (Phi) is 9.68. The predicted octanol–water partition coefficient (Wildman–Crippen LogP) is 5.03. The number of fused-ring (bicyclic) bond motifs is 1. The number of rotatable bonds is 11. The van der Waals surface area contributed by atoms with Gasteiger partial charge in [0.15, 0.2) is 4.80 Å². The summed E-state index contributed by atoms with van der Waals surface area (Å²) < 4.78 is 29.7. The van der Waals surface area contributed by atoms with E-state index in [2.05, 4.69) is 4.99 Å². The van der Waals surface area contributed by atoms with Gasteiger partial charge in [-0.25, -0.2) is 14.6 Å². The molecule has 2 aromatic carbocycles. The van der Waals surface area contributed by atoms with E-state index in [4.69, 9.17) is 23.4 Å². The first-order chi connectivity index (χ1) is 21.8. The second-order valence-corrected chi connectivity index (χ2v) is 11.2. The largest absolute Gasteiger partial charge is 0.497 e. The minimum absolute atomic E-state index is 0.161. The molecule has 0 spiro atoms. The van der Waals surface area contributed by atoms with Crippen LogP contribution in [0.5, 0.6) is 11.5 Å². The molecule has 0 bridgehead atoms. The molecule has 0 N–H and O–H groups in total. The van der Waals surface area contributed by atoms with Gasteiger partial charge in [0.2, 0.25) is 0 Å². The molecule has 10 nitrogen and oxygen atoms in total. The van der Waals surface area contributed by atoms with Crippen LogP contribution in [0.3, 0.4) is 0 Å². The zero-order valence-corrected chi connectivity index (χ0v) is 26.6. The van der Waals surface area contributed by atoms with Crippen LogP contribution < -0.4 is 24.4 Å². The number of esters is 2. The van der Waals surface area contributed by atoms with E-state index < -0.39 is 12.0 Å². The molecule has 0 unspecified atom stereocenters. The van der Waals surface area contributed by atoms with Gasteiger partial charge in [-0.3, -0.25) is 9.36 Å². The van der Waals surface area contributed by atoms with Crippen LogP contribution in [0.1, 0.15) is 61.3 Å². The minimum Gasteiger partial charge on any atom is -0.497 e. The Labute approximate surface area is 263 Å². The summed E-state index contributed by atoms with van der Waals surface area (Å²) in [5.41, 5.74) is 2.10. The van der Waals surface area contributed by atoms with Crippen molar-refractivity contribution < 1.29 is 33.0 Å². The highest BCUT2D eigenvalue weighted by atomic mass is 32.1. The number of hydrogen-bond acceptors (Lipinski definition) is 10. The van der Waals surface area contributed by atoms with Gasteiger partial charge in [-0.15, -0.1) is 0 Å². The number of nitrogens with zero attached hydrogens (tertiary/aromatic N) is 2. The van der Waals surface area contributed by atoms with Crippen LogP contribution in [0.15, 0.2) is 80.1 Å². The molecule has 0 aliphatic carbocycles. The van der Waals surface area contributed by atoms with Gasteiger partial charge in [0.1, 0.15) is 29.1 Å². The topological polar surface area (TPSA) is 119 Å².